The van der Waals surface area contributed by atoms with Crippen molar-refractivity contribution in [2.45, 2.75) is 62.7 Å². The van der Waals surface area contributed by atoms with Crippen molar-refractivity contribution in [3.63, 3.8) is 0 Å². The first-order valence-corrected chi connectivity index (χ1v) is 9.01. The fraction of sp³-hybridized carbons (Fsp3) is 0.824. The molecular weight excluding hydrogens is 380 g/mol. The number of aliphatic hydroxyl groups is 5. The first-order valence-electron chi connectivity index (χ1n) is 9.01. The number of fused-ring (bicyclic) bond motifs is 1. The number of esters is 1. The predicted octanol–water partition coefficient (Wildman–Crippen LogP) is -2.42. The van der Waals surface area contributed by atoms with E-state index < -0.39 is 73.8 Å². The van der Waals surface area contributed by atoms with Crippen molar-refractivity contribution >= 4 is 5.97 Å². The fourth-order valence-electron chi connectivity index (χ4n) is 3.91. The molecule has 11 heteroatoms. The van der Waals surface area contributed by atoms with Gasteiger partial charge < -0.3 is 49.2 Å². The minimum Gasteiger partial charge on any atom is -0.471 e. The SMILES string of the molecule is COC(=O)C1=CO[C@H](O[C@H]2O[C@@H](CO)[C@H](O)[C@@H](O)[C@@H]2O)[C@H]2[C@H](C)OC(O)C[C@@H]12. The molecule has 0 amide bonds. The van der Waals surface area contributed by atoms with Crippen LogP contribution in [-0.4, -0.2) is 94.6 Å². The van der Waals surface area contributed by atoms with E-state index >= 15 is 0 Å². The van der Waals surface area contributed by atoms with Crippen LogP contribution in [-0.2, 0) is 28.5 Å². The maximum absolute atomic E-state index is 12.1. The Morgan fingerprint density at radius 2 is 1.86 bits per heavy atom. The highest BCUT2D eigenvalue weighted by atomic mass is 16.8. The number of ether oxygens (including phenoxy) is 5. The summed E-state index contributed by atoms with van der Waals surface area (Å²) in [5.74, 6) is -1.67. The maximum atomic E-state index is 12.1. The molecule has 0 bridgehead atoms. The Balaban J connectivity index is 1.81. The summed E-state index contributed by atoms with van der Waals surface area (Å²) in [6.07, 6.45) is -8.71. The summed E-state index contributed by atoms with van der Waals surface area (Å²) in [4.78, 5) is 12.1. The molecule has 0 saturated carbocycles. The Morgan fingerprint density at radius 3 is 2.50 bits per heavy atom. The van der Waals surface area contributed by atoms with E-state index in [1.165, 1.54) is 13.4 Å². The van der Waals surface area contributed by atoms with Crippen LogP contribution in [0, 0.1) is 11.8 Å². The molecule has 11 nitrogen and oxygen atoms in total. The summed E-state index contributed by atoms with van der Waals surface area (Å²) in [6, 6.07) is 0. The molecule has 0 aromatic heterocycles. The van der Waals surface area contributed by atoms with Crippen molar-refractivity contribution in [1.29, 1.82) is 0 Å². The van der Waals surface area contributed by atoms with Gasteiger partial charge in [0.2, 0.25) is 6.29 Å². The summed E-state index contributed by atoms with van der Waals surface area (Å²) in [5, 5.41) is 49.2. The maximum Gasteiger partial charge on any atom is 0.337 e. The topological polar surface area (TPSA) is 164 Å². The van der Waals surface area contributed by atoms with Gasteiger partial charge in [-0.05, 0) is 6.92 Å². The van der Waals surface area contributed by atoms with E-state index in [1.807, 2.05) is 0 Å². The number of aliphatic hydroxyl groups excluding tert-OH is 5. The van der Waals surface area contributed by atoms with Gasteiger partial charge in [-0.25, -0.2) is 4.79 Å². The number of rotatable bonds is 4. The van der Waals surface area contributed by atoms with Gasteiger partial charge in [-0.1, -0.05) is 0 Å². The van der Waals surface area contributed by atoms with Gasteiger partial charge in [0.15, 0.2) is 12.6 Å². The van der Waals surface area contributed by atoms with E-state index in [0.29, 0.717) is 0 Å². The van der Waals surface area contributed by atoms with Gasteiger partial charge in [0.05, 0.1) is 37.6 Å². The molecule has 0 spiro atoms. The molecule has 10 atom stereocenters. The standard InChI is InChI=1S/C17H26O11/c1-6-11-7(3-10(19)26-6)8(15(23)24-2)5-25-16(11)28-17-14(22)13(21)12(20)9(4-18)27-17/h5-7,9-14,16-22H,3-4H2,1-2H3/t6-,7-,9-,10?,11-,12-,13+,14-,16+,17+/m0/s1. The van der Waals surface area contributed by atoms with Crippen LogP contribution in [0.5, 0.6) is 0 Å². The van der Waals surface area contributed by atoms with E-state index in [2.05, 4.69) is 0 Å². The summed E-state index contributed by atoms with van der Waals surface area (Å²) >= 11 is 0. The van der Waals surface area contributed by atoms with E-state index in [9.17, 15) is 30.3 Å². The largest absolute Gasteiger partial charge is 0.471 e. The molecule has 3 rings (SSSR count). The van der Waals surface area contributed by atoms with Gasteiger partial charge in [0, 0.05) is 12.3 Å². The minimum absolute atomic E-state index is 0.105. The van der Waals surface area contributed by atoms with Crippen molar-refractivity contribution in [1.82, 2.24) is 0 Å². The molecule has 1 unspecified atom stereocenters. The number of carbonyl (C=O) groups is 1. The average Bonchev–Trinajstić information content (AvgIpc) is 2.67. The molecule has 3 aliphatic heterocycles. The molecule has 0 radical (unpaired) electrons. The average molecular weight is 406 g/mol. The highest BCUT2D eigenvalue weighted by Crippen LogP contribution is 2.42. The first kappa shape index (κ1) is 21.4. The zero-order chi connectivity index (χ0) is 20.6. The summed E-state index contributed by atoms with van der Waals surface area (Å²) in [5.41, 5.74) is 0.218. The second-order valence-electron chi connectivity index (χ2n) is 7.12. The lowest BCUT2D eigenvalue weighted by atomic mass is 9.77. The second-order valence-corrected chi connectivity index (χ2v) is 7.12. The lowest BCUT2D eigenvalue weighted by Gasteiger charge is -2.47. The van der Waals surface area contributed by atoms with Crippen molar-refractivity contribution in [2.24, 2.45) is 11.8 Å². The van der Waals surface area contributed by atoms with Crippen molar-refractivity contribution in [2.75, 3.05) is 13.7 Å². The number of carbonyl (C=O) groups excluding carboxylic acids is 1. The van der Waals surface area contributed by atoms with Crippen LogP contribution >= 0.6 is 0 Å². The smallest absolute Gasteiger partial charge is 0.337 e. The zero-order valence-corrected chi connectivity index (χ0v) is 15.5. The Kier molecular flexibility index (Phi) is 6.57. The van der Waals surface area contributed by atoms with Gasteiger partial charge in [-0.3, -0.25) is 0 Å². The molecule has 0 aliphatic carbocycles. The van der Waals surface area contributed by atoms with Crippen LogP contribution in [0.15, 0.2) is 11.8 Å². The molecule has 2 fully saturated rings. The van der Waals surface area contributed by atoms with E-state index in [1.54, 1.807) is 6.92 Å². The van der Waals surface area contributed by atoms with Gasteiger partial charge in [-0.15, -0.1) is 0 Å². The van der Waals surface area contributed by atoms with Crippen LogP contribution in [0.4, 0.5) is 0 Å². The highest BCUT2D eigenvalue weighted by Gasteiger charge is 2.51. The lowest BCUT2D eigenvalue weighted by Crippen LogP contribution is -2.61. The number of methoxy groups -OCH3 is 1. The summed E-state index contributed by atoms with van der Waals surface area (Å²) < 4.78 is 26.8. The van der Waals surface area contributed by atoms with E-state index in [0.717, 1.165) is 0 Å². The molecule has 2 saturated heterocycles. The predicted molar refractivity (Wildman–Crippen MR) is 88.0 cm³/mol. The highest BCUT2D eigenvalue weighted by molar-refractivity contribution is 5.88. The van der Waals surface area contributed by atoms with Crippen LogP contribution in [0.3, 0.4) is 0 Å². The third-order valence-electron chi connectivity index (χ3n) is 5.41. The van der Waals surface area contributed by atoms with E-state index in [-0.39, 0.29) is 12.0 Å². The molecule has 160 valence electrons. The van der Waals surface area contributed by atoms with Gasteiger partial charge in [0.1, 0.15) is 24.4 Å². The molecule has 3 heterocycles. The van der Waals surface area contributed by atoms with Crippen molar-refractivity contribution in [3.8, 4) is 0 Å². The van der Waals surface area contributed by atoms with Crippen LogP contribution in [0.2, 0.25) is 0 Å². The summed E-state index contributed by atoms with van der Waals surface area (Å²) in [6.45, 7) is 1.08. The first-order chi connectivity index (χ1) is 13.3. The van der Waals surface area contributed by atoms with Crippen molar-refractivity contribution in [3.05, 3.63) is 11.8 Å². The third kappa shape index (κ3) is 3.89. The Labute approximate surface area is 161 Å². The molecular formula is C17H26O11. The normalized spacial score (nSPS) is 46.2. The van der Waals surface area contributed by atoms with Gasteiger partial charge in [0.25, 0.3) is 0 Å². The molecule has 0 aromatic carbocycles. The number of hydrogen-bond donors (Lipinski definition) is 5. The monoisotopic (exact) mass is 406 g/mol. The molecule has 0 aromatic rings. The minimum atomic E-state index is -1.60. The van der Waals surface area contributed by atoms with Crippen LogP contribution in [0.1, 0.15) is 13.3 Å². The van der Waals surface area contributed by atoms with Crippen LogP contribution in [0.25, 0.3) is 0 Å². The second kappa shape index (κ2) is 8.59. The Bertz CT molecular complexity index is 594. The third-order valence-corrected chi connectivity index (χ3v) is 5.41. The van der Waals surface area contributed by atoms with E-state index in [4.69, 9.17) is 23.7 Å². The summed E-state index contributed by atoms with van der Waals surface area (Å²) in [7, 11) is 1.23. The fourth-order valence-corrected chi connectivity index (χ4v) is 3.91. The van der Waals surface area contributed by atoms with Gasteiger partial charge in [-0.2, -0.15) is 0 Å². The molecule has 5 N–H and O–H groups in total. The van der Waals surface area contributed by atoms with Gasteiger partial charge >= 0.3 is 5.97 Å². The Morgan fingerprint density at radius 1 is 1.14 bits per heavy atom. The lowest BCUT2D eigenvalue weighted by molar-refractivity contribution is -0.352. The molecule has 3 aliphatic rings. The van der Waals surface area contributed by atoms with Crippen LogP contribution < -0.4 is 0 Å². The molecule has 28 heavy (non-hydrogen) atoms. The van der Waals surface area contributed by atoms with Crippen molar-refractivity contribution < 1.29 is 54.0 Å². The number of hydrogen-bond acceptors (Lipinski definition) is 11. The zero-order valence-electron chi connectivity index (χ0n) is 15.5. The Hall–Kier alpha value is -1.31. The quantitative estimate of drug-likeness (QED) is 0.315.